The highest BCUT2D eigenvalue weighted by Gasteiger charge is 2.52. The normalized spacial score (nSPS) is 34.7. The van der Waals surface area contributed by atoms with Crippen molar-refractivity contribution in [2.24, 2.45) is 11.8 Å². The zero-order chi connectivity index (χ0) is 13.4. The zero-order valence-electron chi connectivity index (χ0n) is 11.6. The predicted octanol–water partition coefficient (Wildman–Crippen LogP) is -0.0805. The van der Waals surface area contributed by atoms with E-state index >= 15 is 0 Å². The van der Waals surface area contributed by atoms with Crippen LogP contribution >= 0.6 is 0 Å². The van der Waals surface area contributed by atoms with E-state index in [0.717, 1.165) is 6.42 Å². The third-order valence-corrected chi connectivity index (χ3v) is 4.63. The summed E-state index contributed by atoms with van der Waals surface area (Å²) in [6.07, 6.45) is 2.33. The average Bonchev–Trinajstić information content (AvgIpc) is 2.79. The maximum absolute atomic E-state index is 12.2. The minimum atomic E-state index is -0.0674. The molecular weight excluding hydrogens is 230 g/mol. The van der Waals surface area contributed by atoms with E-state index in [1.807, 2.05) is 7.05 Å². The summed E-state index contributed by atoms with van der Waals surface area (Å²) in [4.78, 5) is 27.3. The summed E-state index contributed by atoms with van der Waals surface area (Å²) in [6.45, 7) is 2.33. The summed E-state index contributed by atoms with van der Waals surface area (Å²) in [6, 6.07) is 0.490. The fourth-order valence-electron chi connectivity index (χ4n) is 3.51. The topological polar surface area (TPSA) is 52.7 Å². The fraction of sp³-hybridized carbons (Fsp3) is 0.846. The molecule has 2 rings (SSSR count). The number of likely N-dealkylation sites (N-methyl/N-ethyl adjacent to an activating group) is 2. The molecule has 1 saturated heterocycles. The lowest BCUT2D eigenvalue weighted by molar-refractivity contribution is -0.133. The number of carbonyl (C=O) groups excluding carboxylic acids is 2. The highest BCUT2D eigenvalue weighted by Crippen LogP contribution is 2.45. The Kier molecular flexibility index (Phi) is 3.61. The van der Waals surface area contributed by atoms with Crippen LogP contribution in [0.5, 0.6) is 0 Å². The molecule has 18 heavy (non-hydrogen) atoms. The lowest BCUT2D eigenvalue weighted by atomic mass is 9.93. The van der Waals surface area contributed by atoms with Gasteiger partial charge in [0, 0.05) is 20.1 Å². The summed E-state index contributed by atoms with van der Waals surface area (Å²) in [5, 5.41) is 2.77. The van der Waals surface area contributed by atoms with Crippen LogP contribution in [0.25, 0.3) is 0 Å². The van der Waals surface area contributed by atoms with Gasteiger partial charge in [0.2, 0.25) is 11.8 Å². The van der Waals surface area contributed by atoms with E-state index in [4.69, 9.17) is 0 Å². The van der Waals surface area contributed by atoms with Crippen molar-refractivity contribution in [3.63, 3.8) is 0 Å². The highest BCUT2D eigenvalue weighted by atomic mass is 16.2. The van der Waals surface area contributed by atoms with Crippen LogP contribution in [-0.2, 0) is 9.59 Å². The molecule has 2 aliphatic rings. The van der Waals surface area contributed by atoms with E-state index < -0.39 is 0 Å². The number of nitrogens with zero attached hydrogens (tertiary/aromatic N) is 2. The second kappa shape index (κ2) is 4.88. The summed E-state index contributed by atoms with van der Waals surface area (Å²) in [5.41, 5.74) is 0. The van der Waals surface area contributed by atoms with Gasteiger partial charge in [-0.3, -0.25) is 14.5 Å². The van der Waals surface area contributed by atoms with Crippen molar-refractivity contribution in [1.82, 2.24) is 15.1 Å². The number of nitrogens with one attached hydrogen (secondary N) is 1. The van der Waals surface area contributed by atoms with E-state index in [1.165, 1.54) is 11.3 Å². The average molecular weight is 253 g/mol. The van der Waals surface area contributed by atoms with Crippen molar-refractivity contribution in [3.8, 4) is 0 Å². The predicted molar refractivity (Wildman–Crippen MR) is 68.9 cm³/mol. The van der Waals surface area contributed by atoms with Crippen molar-refractivity contribution in [2.75, 3.05) is 27.7 Å². The van der Waals surface area contributed by atoms with Gasteiger partial charge < -0.3 is 10.2 Å². The Bertz CT molecular complexity index is 356. The summed E-state index contributed by atoms with van der Waals surface area (Å²) >= 11 is 0. The first-order chi connectivity index (χ1) is 8.43. The summed E-state index contributed by atoms with van der Waals surface area (Å²) < 4.78 is 0. The van der Waals surface area contributed by atoms with Gasteiger partial charge in [0.25, 0.3) is 0 Å². The molecule has 4 atom stereocenters. The molecule has 0 radical (unpaired) electrons. The molecule has 102 valence electrons. The van der Waals surface area contributed by atoms with Gasteiger partial charge >= 0.3 is 0 Å². The van der Waals surface area contributed by atoms with Gasteiger partial charge in [0.15, 0.2) is 0 Å². The van der Waals surface area contributed by atoms with Crippen LogP contribution in [0.15, 0.2) is 0 Å². The van der Waals surface area contributed by atoms with E-state index in [1.54, 1.807) is 14.1 Å². The van der Waals surface area contributed by atoms with E-state index in [-0.39, 0.29) is 24.4 Å². The van der Waals surface area contributed by atoms with Gasteiger partial charge in [0.05, 0.1) is 12.6 Å². The van der Waals surface area contributed by atoms with Crippen molar-refractivity contribution in [1.29, 1.82) is 0 Å². The van der Waals surface area contributed by atoms with Gasteiger partial charge in [-0.1, -0.05) is 6.92 Å². The van der Waals surface area contributed by atoms with E-state index in [0.29, 0.717) is 17.9 Å². The van der Waals surface area contributed by atoms with Gasteiger partial charge in [-0.05, 0) is 31.7 Å². The summed E-state index contributed by atoms with van der Waals surface area (Å²) in [7, 11) is 5.42. The standard InChI is InChI=1S/C13H23N3O2/c1-8-9-5-6-10(8)16(4)12(9)13(18)14-7-11(17)15(2)3/h8-10,12H,5-7H2,1-4H3,(H,14,18)/t8-,9-,10-,12-/m0/s1. The first-order valence-electron chi connectivity index (χ1n) is 6.63. The molecule has 2 bridgehead atoms. The molecular formula is C13H23N3O2. The maximum atomic E-state index is 12.2. The number of likely N-dealkylation sites (tertiary alicyclic amines) is 1. The maximum Gasteiger partial charge on any atom is 0.241 e. The number of hydrogen-bond donors (Lipinski definition) is 1. The molecule has 2 amide bonds. The van der Waals surface area contributed by atoms with Crippen molar-refractivity contribution < 1.29 is 9.59 Å². The Morgan fingerprint density at radius 2 is 2.00 bits per heavy atom. The Hall–Kier alpha value is -1.10. The third kappa shape index (κ3) is 2.11. The Labute approximate surface area is 108 Å². The molecule has 1 aliphatic heterocycles. The second-order valence-corrected chi connectivity index (χ2v) is 5.78. The van der Waals surface area contributed by atoms with Crippen LogP contribution in [0.2, 0.25) is 0 Å². The fourth-order valence-corrected chi connectivity index (χ4v) is 3.51. The van der Waals surface area contributed by atoms with Crippen LogP contribution in [0.1, 0.15) is 19.8 Å². The molecule has 5 nitrogen and oxygen atoms in total. The molecule has 0 aromatic heterocycles. The number of hydrogen-bond acceptors (Lipinski definition) is 3. The molecule has 1 saturated carbocycles. The molecule has 1 aliphatic carbocycles. The van der Waals surface area contributed by atoms with Crippen molar-refractivity contribution in [3.05, 3.63) is 0 Å². The van der Waals surface area contributed by atoms with Crippen LogP contribution in [-0.4, -0.2) is 61.4 Å². The quantitative estimate of drug-likeness (QED) is 0.765. The van der Waals surface area contributed by atoms with E-state index in [2.05, 4.69) is 17.1 Å². The second-order valence-electron chi connectivity index (χ2n) is 5.78. The zero-order valence-corrected chi connectivity index (χ0v) is 11.6. The minimum Gasteiger partial charge on any atom is -0.347 e. The molecule has 0 aromatic carbocycles. The smallest absolute Gasteiger partial charge is 0.241 e. The molecule has 0 aromatic rings. The first-order valence-corrected chi connectivity index (χ1v) is 6.63. The van der Waals surface area contributed by atoms with Crippen molar-refractivity contribution in [2.45, 2.75) is 31.8 Å². The number of carbonyl (C=O) groups is 2. The monoisotopic (exact) mass is 253 g/mol. The minimum absolute atomic E-state index is 0.00625. The Morgan fingerprint density at radius 1 is 1.33 bits per heavy atom. The van der Waals surface area contributed by atoms with Crippen LogP contribution in [0, 0.1) is 11.8 Å². The van der Waals surface area contributed by atoms with Crippen LogP contribution < -0.4 is 5.32 Å². The Morgan fingerprint density at radius 3 is 2.50 bits per heavy atom. The van der Waals surface area contributed by atoms with Crippen LogP contribution in [0.4, 0.5) is 0 Å². The Balaban J connectivity index is 1.92. The SMILES string of the molecule is C[C@H]1[C@@H]2CC[C@@H]1N(C)[C@@H]2C(=O)NCC(=O)N(C)C. The largest absolute Gasteiger partial charge is 0.347 e. The number of amides is 2. The first kappa shape index (κ1) is 13.3. The third-order valence-electron chi connectivity index (χ3n) is 4.63. The summed E-state index contributed by atoms with van der Waals surface area (Å²) in [5.74, 6) is 0.985. The molecule has 2 fully saturated rings. The lowest BCUT2D eigenvalue weighted by Gasteiger charge is -2.30. The molecule has 5 heteroatoms. The number of piperidine rings is 1. The van der Waals surface area contributed by atoms with Gasteiger partial charge in [-0.2, -0.15) is 0 Å². The lowest BCUT2D eigenvalue weighted by Crippen LogP contribution is -2.50. The van der Waals surface area contributed by atoms with Crippen LogP contribution in [0.3, 0.4) is 0 Å². The van der Waals surface area contributed by atoms with Gasteiger partial charge in [-0.25, -0.2) is 0 Å². The van der Waals surface area contributed by atoms with Crippen molar-refractivity contribution >= 4 is 11.8 Å². The number of fused-ring (bicyclic) bond motifs is 2. The van der Waals surface area contributed by atoms with E-state index in [9.17, 15) is 9.59 Å². The molecule has 0 spiro atoms. The molecule has 1 N–H and O–H groups in total. The van der Waals surface area contributed by atoms with Gasteiger partial charge in [-0.15, -0.1) is 0 Å². The molecule has 1 heterocycles. The molecule has 0 unspecified atom stereocenters. The number of rotatable bonds is 3. The highest BCUT2D eigenvalue weighted by molar-refractivity contribution is 5.87. The van der Waals surface area contributed by atoms with Gasteiger partial charge in [0.1, 0.15) is 0 Å².